The van der Waals surface area contributed by atoms with E-state index in [-0.39, 0.29) is 6.04 Å². The molecule has 1 aromatic rings. The summed E-state index contributed by atoms with van der Waals surface area (Å²) in [6.45, 7) is 6.68. The second-order valence-electron chi connectivity index (χ2n) is 6.45. The fourth-order valence-corrected chi connectivity index (χ4v) is 3.35. The summed E-state index contributed by atoms with van der Waals surface area (Å²) >= 11 is 3.57. The van der Waals surface area contributed by atoms with Crippen LogP contribution in [0.3, 0.4) is 0 Å². The van der Waals surface area contributed by atoms with E-state index in [1.807, 2.05) is 19.1 Å². The number of ether oxygens (including phenoxy) is 1. The smallest absolute Gasteiger partial charge is 0.120 e. The van der Waals surface area contributed by atoms with Gasteiger partial charge in [-0.3, -0.25) is 0 Å². The third-order valence-corrected chi connectivity index (χ3v) is 4.74. The third-order valence-electron chi connectivity index (χ3n) is 4.05. The highest BCUT2D eigenvalue weighted by Crippen LogP contribution is 2.37. The summed E-state index contributed by atoms with van der Waals surface area (Å²) in [5.41, 5.74) is 7.52. The molecule has 0 bridgehead atoms. The van der Waals surface area contributed by atoms with E-state index >= 15 is 0 Å². The SMILES string of the molecule is C[C@@H](N)c1ccc(OC2CCC(C)(C)CC2)cc1Br. The van der Waals surface area contributed by atoms with Crippen molar-refractivity contribution in [3.05, 3.63) is 28.2 Å². The Balaban J connectivity index is 1.99. The van der Waals surface area contributed by atoms with Crippen molar-refractivity contribution in [1.29, 1.82) is 0 Å². The van der Waals surface area contributed by atoms with Crippen LogP contribution in [0.1, 0.15) is 58.1 Å². The molecule has 0 amide bonds. The lowest BCUT2D eigenvalue weighted by atomic mass is 9.76. The first-order valence-corrected chi connectivity index (χ1v) is 7.88. The Morgan fingerprint density at radius 3 is 2.47 bits per heavy atom. The Morgan fingerprint density at radius 2 is 1.95 bits per heavy atom. The summed E-state index contributed by atoms with van der Waals surface area (Å²) in [5, 5.41) is 0. The molecular formula is C16H24BrNO. The highest BCUT2D eigenvalue weighted by Gasteiger charge is 2.27. The van der Waals surface area contributed by atoms with E-state index in [9.17, 15) is 0 Å². The zero-order chi connectivity index (χ0) is 14.0. The van der Waals surface area contributed by atoms with E-state index in [1.54, 1.807) is 0 Å². The second kappa shape index (κ2) is 5.84. The number of halogens is 1. The molecule has 0 heterocycles. The first kappa shape index (κ1) is 14.9. The molecule has 0 spiro atoms. The van der Waals surface area contributed by atoms with Gasteiger partial charge in [-0.15, -0.1) is 0 Å². The maximum atomic E-state index is 6.09. The van der Waals surface area contributed by atoms with Crippen LogP contribution >= 0.6 is 15.9 Å². The van der Waals surface area contributed by atoms with Crippen LogP contribution in [0.5, 0.6) is 5.75 Å². The van der Waals surface area contributed by atoms with Crippen molar-refractivity contribution < 1.29 is 4.74 Å². The maximum Gasteiger partial charge on any atom is 0.120 e. The standard InChI is InChI=1S/C16H24BrNO/c1-11(18)14-5-4-13(10-15(14)17)19-12-6-8-16(2,3)9-7-12/h4-5,10-12H,6-9,18H2,1-3H3/t11-/m1/s1. The Morgan fingerprint density at radius 1 is 1.32 bits per heavy atom. The summed E-state index contributed by atoms with van der Waals surface area (Å²) in [6.07, 6.45) is 5.16. The maximum absolute atomic E-state index is 6.09. The van der Waals surface area contributed by atoms with Crippen LogP contribution in [0.4, 0.5) is 0 Å². The quantitative estimate of drug-likeness (QED) is 0.864. The van der Waals surface area contributed by atoms with Crippen LogP contribution in [0.2, 0.25) is 0 Å². The summed E-state index contributed by atoms with van der Waals surface area (Å²) in [5.74, 6) is 0.945. The normalized spacial score (nSPS) is 21.1. The number of hydrogen-bond donors (Lipinski definition) is 1. The number of hydrogen-bond acceptors (Lipinski definition) is 2. The van der Waals surface area contributed by atoms with Crippen molar-refractivity contribution in [2.45, 2.75) is 58.6 Å². The van der Waals surface area contributed by atoms with Crippen LogP contribution in [-0.2, 0) is 0 Å². The van der Waals surface area contributed by atoms with E-state index in [0.717, 1.165) is 28.6 Å². The molecule has 106 valence electrons. The minimum Gasteiger partial charge on any atom is -0.490 e. The molecule has 0 radical (unpaired) electrons. The van der Waals surface area contributed by atoms with Crippen molar-refractivity contribution in [2.75, 3.05) is 0 Å². The lowest BCUT2D eigenvalue weighted by Gasteiger charge is -2.34. The average Bonchev–Trinajstić information content (AvgIpc) is 2.31. The van der Waals surface area contributed by atoms with E-state index in [4.69, 9.17) is 10.5 Å². The summed E-state index contributed by atoms with van der Waals surface area (Å²) < 4.78 is 7.13. The molecule has 1 aromatic carbocycles. The molecule has 3 heteroatoms. The van der Waals surface area contributed by atoms with Crippen LogP contribution in [0, 0.1) is 5.41 Å². The number of rotatable bonds is 3. The van der Waals surface area contributed by atoms with Gasteiger partial charge in [-0.1, -0.05) is 35.8 Å². The van der Waals surface area contributed by atoms with Gasteiger partial charge in [0.25, 0.3) is 0 Å². The van der Waals surface area contributed by atoms with Crippen LogP contribution in [0.15, 0.2) is 22.7 Å². The number of benzene rings is 1. The first-order valence-electron chi connectivity index (χ1n) is 7.09. The van der Waals surface area contributed by atoms with Gasteiger partial charge in [0.1, 0.15) is 5.75 Å². The van der Waals surface area contributed by atoms with Gasteiger partial charge in [0.2, 0.25) is 0 Å². The molecule has 1 fully saturated rings. The zero-order valence-corrected chi connectivity index (χ0v) is 13.7. The van der Waals surface area contributed by atoms with E-state index in [1.165, 1.54) is 12.8 Å². The molecular weight excluding hydrogens is 302 g/mol. The third kappa shape index (κ3) is 3.96. The van der Waals surface area contributed by atoms with Gasteiger partial charge in [-0.25, -0.2) is 0 Å². The van der Waals surface area contributed by atoms with E-state index < -0.39 is 0 Å². The van der Waals surface area contributed by atoms with Crippen molar-refractivity contribution in [2.24, 2.45) is 11.1 Å². The van der Waals surface area contributed by atoms with Gasteiger partial charge in [-0.2, -0.15) is 0 Å². The lowest BCUT2D eigenvalue weighted by Crippen LogP contribution is -2.28. The Bertz CT molecular complexity index is 432. The summed E-state index contributed by atoms with van der Waals surface area (Å²) in [6, 6.07) is 6.16. The Kier molecular flexibility index (Phi) is 4.57. The predicted molar refractivity (Wildman–Crippen MR) is 83.4 cm³/mol. The van der Waals surface area contributed by atoms with Gasteiger partial charge < -0.3 is 10.5 Å². The fraction of sp³-hybridized carbons (Fsp3) is 0.625. The molecule has 0 aromatic heterocycles. The summed E-state index contributed by atoms with van der Waals surface area (Å²) in [7, 11) is 0. The molecule has 1 atom stereocenters. The Labute approximate surface area is 124 Å². The highest BCUT2D eigenvalue weighted by molar-refractivity contribution is 9.10. The molecule has 2 N–H and O–H groups in total. The van der Waals surface area contributed by atoms with Crippen molar-refractivity contribution in [3.63, 3.8) is 0 Å². The number of nitrogens with two attached hydrogens (primary N) is 1. The molecule has 0 aliphatic heterocycles. The average molecular weight is 326 g/mol. The van der Waals surface area contributed by atoms with Gasteiger partial charge >= 0.3 is 0 Å². The van der Waals surface area contributed by atoms with Crippen molar-refractivity contribution >= 4 is 15.9 Å². The van der Waals surface area contributed by atoms with E-state index in [2.05, 4.69) is 35.8 Å². The molecule has 1 aliphatic rings. The first-order chi connectivity index (χ1) is 8.87. The monoisotopic (exact) mass is 325 g/mol. The van der Waals surface area contributed by atoms with Gasteiger partial charge in [0, 0.05) is 10.5 Å². The van der Waals surface area contributed by atoms with Gasteiger partial charge in [-0.05, 0) is 55.7 Å². The molecule has 2 nitrogen and oxygen atoms in total. The van der Waals surface area contributed by atoms with Crippen LogP contribution in [-0.4, -0.2) is 6.10 Å². The van der Waals surface area contributed by atoms with Gasteiger partial charge in [0.15, 0.2) is 0 Å². The van der Waals surface area contributed by atoms with E-state index in [0.29, 0.717) is 11.5 Å². The molecule has 0 unspecified atom stereocenters. The predicted octanol–water partition coefficient (Wildman–Crippen LogP) is 4.82. The topological polar surface area (TPSA) is 35.2 Å². The molecule has 2 rings (SSSR count). The molecule has 1 aliphatic carbocycles. The molecule has 1 saturated carbocycles. The van der Waals surface area contributed by atoms with Crippen molar-refractivity contribution in [3.8, 4) is 5.75 Å². The highest BCUT2D eigenvalue weighted by atomic mass is 79.9. The largest absolute Gasteiger partial charge is 0.490 e. The van der Waals surface area contributed by atoms with Crippen LogP contribution < -0.4 is 10.5 Å². The zero-order valence-electron chi connectivity index (χ0n) is 12.1. The van der Waals surface area contributed by atoms with Gasteiger partial charge in [0.05, 0.1) is 6.10 Å². The Hall–Kier alpha value is -0.540. The minimum absolute atomic E-state index is 0.0407. The molecule has 0 saturated heterocycles. The minimum atomic E-state index is 0.0407. The second-order valence-corrected chi connectivity index (χ2v) is 7.31. The fourth-order valence-electron chi connectivity index (χ4n) is 2.63. The van der Waals surface area contributed by atoms with Crippen LogP contribution in [0.25, 0.3) is 0 Å². The molecule has 19 heavy (non-hydrogen) atoms. The van der Waals surface area contributed by atoms with Crippen molar-refractivity contribution in [1.82, 2.24) is 0 Å². The lowest BCUT2D eigenvalue weighted by molar-refractivity contribution is 0.0987. The summed E-state index contributed by atoms with van der Waals surface area (Å²) in [4.78, 5) is 0.